The molecule has 3 N–H and O–H groups in total. The van der Waals surface area contributed by atoms with E-state index >= 15 is 0 Å². The molecule has 0 aliphatic heterocycles. The van der Waals surface area contributed by atoms with Crippen LogP contribution in [0, 0.1) is 6.92 Å². The molecule has 0 unspecified atom stereocenters. The van der Waals surface area contributed by atoms with Crippen molar-refractivity contribution in [2.75, 3.05) is 5.32 Å². The van der Waals surface area contributed by atoms with E-state index in [0.717, 1.165) is 29.2 Å². The first-order valence-corrected chi connectivity index (χ1v) is 9.44. The van der Waals surface area contributed by atoms with Crippen molar-refractivity contribution in [3.63, 3.8) is 0 Å². The van der Waals surface area contributed by atoms with Gasteiger partial charge < -0.3 is 15.6 Å². The van der Waals surface area contributed by atoms with E-state index in [1.54, 1.807) is 6.33 Å². The minimum absolute atomic E-state index is 0.237. The second kappa shape index (κ2) is 8.25. The van der Waals surface area contributed by atoms with E-state index in [9.17, 15) is 4.79 Å². The van der Waals surface area contributed by atoms with Gasteiger partial charge in [-0.1, -0.05) is 37.3 Å². The predicted molar refractivity (Wildman–Crippen MR) is 104 cm³/mol. The molecule has 1 atom stereocenters. The van der Waals surface area contributed by atoms with Crippen LogP contribution in [-0.4, -0.2) is 26.5 Å². The van der Waals surface area contributed by atoms with E-state index in [1.807, 2.05) is 42.8 Å². The number of imidazole rings is 1. The van der Waals surface area contributed by atoms with E-state index in [-0.39, 0.29) is 5.91 Å². The number of carbonyl (C=O) groups is 1. The number of nitrogens with two attached hydrogens (primary N) is 1. The lowest BCUT2D eigenvalue weighted by molar-refractivity contribution is -0.117. The molecule has 0 radical (unpaired) electrons. The van der Waals surface area contributed by atoms with Crippen LogP contribution in [0.2, 0.25) is 0 Å². The number of benzene rings is 1. The highest BCUT2D eigenvalue weighted by molar-refractivity contribution is 7.15. The van der Waals surface area contributed by atoms with Crippen LogP contribution in [0.25, 0.3) is 0 Å². The number of hydrogen-bond donors (Lipinski definition) is 2. The fourth-order valence-corrected chi connectivity index (χ4v) is 3.62. The lowest BCUT2D eigenvalue weighted by Crippen LogP contribution is -2.37. The first-order valence-electron chi connectivity index (χ1n) is 8.62. The normalized spacial score (nSPS) is 12.1. The largest absolute Gasteiger partial charge is 0.333 e. The van der Waals surface area contributed by atoms with Gasteiger partial charge in [0.25, 0.3) is 0 Å². The number of thiazole rings is 1. The molecule has 0 bridgehead atoms. The molecule has 0 saturated heterocycles. The molecule has 3 aromatic rings. The van der Waals surface area contributed by atoms with Crippen molar-refractivity contribution >= 4 is 22.4 Å². The molecule has 0 saturated carbocycles. The molecule has 0 aliphatic rings. The quantitative estimate of drug-likeness (QED) is 0.670. The Labute approximate surface area is 157 Å². The lowest BCUT2D eigenvalue weighted by Gasteiger charge is -2.09. The van der Waals surface area contributed by atoms with Crippen LogP contribution < -0.4 is 11.1 Å². The van der Waals surface area contributed by atoms with Gasteiger partial charge in [-0.05, 0) is 18.9 Å². The van der Waals surface area contributed by atoms with Crippen molar-refractivity contribution in [2.45, 2.75) is 39.3 Å². The number of hydrogen-bond acceptors (Lipinski definition) is 5. The molecule has 2 heterocycles. The maximum Gasteiger partial charge on any atom is 0.243 e. The molecular formula is C19H23N5OS. The SMILES string of the molecule is CCc1nc(NC(=O)[C@@H](N)Cc2cn(Cc3ccccc3)cn2)sc1C. The first kappa shape index (κ1) is 18.3. The Morgan fingerprint density at radius 1 is 1.35 bits per heavy atom. The zero-order valence-electron chi connectivity index (χ0n) is 15.0. The third-order valence-electron chi connectivity index (χ3n) is 4.12. The van der Waals surface area contributed by atoms with Gasteiger partial charge >= 0.3 is 0 Å². The minimum Gasteiger partial charge on any atom is -0.333 e. The average Bonchev–Trinajstić information content (AvgIpc) is 3.21. The Kier molecular flexibility index (Phi) is 5.80. The number of carbonyl (C=O) groups excluding carboxylic acids is 1. The fourth-order valence-electron chi connectivity index (χ4n) is 2.72. The highest BCUT2D eigenvalue weighted by atomic mass is 32.1. The number of aromatic nitrogens is 3. The summed E-state index contributed by atoms with van der Waals surface area (Å²) in [7, 11) is 0. The Bertz CT molecular complexity index is 871. The topological polar surface area (TPSA) is 85.8 Å². The summed E-state index contributed by atoms with van der Waals surface area (Å²) in [6, 6.07) is 9.49. The summed E-state index contributed by atoms with van der Waals surface area (Å²) in [4.78, 5) is 22.2. The summed E-state index contributed by atoms with van der Waals surface area (Å²) in [6.45, 7) is 4.80. The van der Waals surface area contributed by atoms with Gasteiger partial charge in [-0.3, -0.25) is 4.79 Å². The molecule has 1 aromatic carbocycles. The van der Waals surface area contributed by atoms with Crippen molar-refractivity contribution in [2.24, 2.45) is 5.73 Å². The maximum absolute atomic E-state index is 12.3. The van der Waals surface area contributed by atoms with Gasteiger partial charge in [0.05, 0.1) is 23.8 Å². The van der Waals surface area contributed by atoms with Gasteiger partial charge in [0, 0.05) is 24.0 Å². The summed E-state index contributed by atoms with van der Waals surface area (Å²) < 4.78 is 1.99. The second-order valence-electron chi connectivity index (χ2n) is 6.20. The van der Waals surface area contributed by atoms with Crippen LogP contribution >= 0.6 is 11.3 Å². The molecule has 2 aromatic heterocycles. The molecule has 7 heteroatoms. The number of anilines is 1. The van der Waals surface area contributed by atoms with Crippen LogP contribution in [0.4, 0.5) is 5.13 Å². The van der Waals surface area contributed by atoms with Crippen LogP contribution in [0.3, 0.4) is 0 Å². The molecule has 0 fully saturated rings. The number of aryl methyl sites for hydroxylation is 2. The van der Waals surface area contributed by atoms with Gasteiger partial charge in [-0.2, -0.15) is 0 Å². The first-order chi connectivity index (χ1) is 12.5. The number of rotatable bonds is 7. The van der Waals surface area contributed by atoms with Crippen molar-refractivity contribution in [3.05, 3.63) is 64.7 Å². The van der Waals surface area contributed by atoms with Gasteiger partial charge in [0.2, 0.25) is 5.91 Å². The highest BCUT2D eigenvalue weighted by Gasteiger charge is 2.18. The van der Waals surface area contributed by atoms with E-state index in [4.69, 9.17) is 5.73 Å². The third-order valence-corrected chi connectivity index (χ3v) is 5.05. The van der Waals surface area contributed by atoms with E-state index < -0.39 is 6.04 Å². The summed E-state index contributed by atoms with van der Waals surface area (Å²) in [6.07, 6.45) is 4.94. The molecule has 1 amide bonds. The molecule has 0 spiro atoms. The molecule has 3 rings (SSSR count). The van der Waals surface area contributed by atoms with Crippen LogP contribution in [0.5, 0.6) is 0 Å². The Morgan fingerprint density at radius 3 is 2.81 bits per heavy atom. The van der Waals surface area contributed by atoms with Crippen LogP contribution in [0.15, 0.2) is 42.9 Å². The van der Waals surface area contributed by atoms with E-state index in [0.29, 0.717) is 11.6 Å². The van der Waals surface area contributed by atoms with E-state index in [1.165, 1.54) is 16.9 Å². The summed E-state index contributed by atoms with van der Waals surface area (Å²) in [5, 5.41) is 3.42. The van der Waals surface area contributed by atoms with Crippen LogP contribution in [0.1, 0.15) is 28.8 Å². The summed E-state index contributed by atoms with van der Waals surface area (Å²) in [5.41, 5.74) is 9.06. The number of nitrogens with zero attached hydrogens (tertiary/aromatic N) is 3. The fraction of sp³-hybridized carbons (Fsp3) is 0.316. The molecule has 0 aliphatic carbocycles. The molecular weight excluding hydrogens is 346 g/mol. The third kappa shape index (κ3) is 4.56. The Hall–Kier alpha value is -2.51. The minimum atomic E-state index is -0.663. The zero-order valence-corrected chi connectivity index (χ0v) is 15.8. The second-order valence-corrected chi connectivity index (χ2v) is 7.40. The monoisotopic (exact) mass is 369 g/mol. The standard InChI is InChI=1S/C19H23N5OS/c1-3-17-13(2)26-19(22-17)23-18(25)16(20)9-15-11-24(12-21-15)10-14-7-5-4-6-8-14/h4-8,11-12,16H,3,9-10,20H2,1-2H3,(H,22,23,25)/t16-/m0/s1. The smallest absolute Gasteiger partial charge is 0.243 e. The zero-order chi connectivity index (χ0) is 18.5. The maximum atomic E-state index is 12.3. The van der Waals surface area contributed by atoms with Gasteiger partial charge in [-0.15, -0.1) is 11.3 Å². The van der Waals surface area contributed by atoms with Gasteiger partial charge in [0.15, 0.2) is 5.13 Å². The molecule has 6 nitrogen and oxygen atoms in total. The van der Waals surface area contributed by atoms with Gasteiger partial charge in [0.1, 0.15) is 0 Å². The van der Waals surface area contributed by atoms with Crippen molar-refractivity contribution < 1.29 is 4.79 Å². The van der Waals surface area contributed by atoms with Crippen molar-refractivity contribution in [1.29, 1.82) is 0 Å². The lowest BCUT2D eigenvalue weighted by atomic mass is 10.1. The summed E-state index contributed by atoms with van der Waals surface area (Å²) >= 11 is 1.48. The van der Waals surface area contributed by atoms with Crippen LogP contribution in [-0.2, 0) is 24.2 Å². The summed E-state index contributed by atoms with van der Waals surface area (Å²) in [5.74, 6) is -0.237. The molecule has 136 valence electrons. The van der Waals surface area contributed by atoms with Crippen molar-refractivity contribution in [1.82, 2.24) is 14.5 Å². The number of amides is 1. The van der Waals surface area contributed by atoms with Crippen molar-refractivity contribution in [3.8, 4) is 0 Å². The predicted octanol–water partition coefficient (Wildman–Crippen LogP) is 2.77. The Morgan fingerprint density at radius 2 is 2.12 bits per heavy atom. The Balaban J connectivity index is 1.57. The van der Waals surface area contributed by atoms with E-state index in [2.05, 4.69) is 27.4 Å². The molecule has 26 heavy (non-hydrogen) atoms. The number of nitrogens with one attached hydrogen (secondary N) is 1. The van der Waals surface area contributed by atoms with Gasteiger partial charge in [-0.25, -0.2) is 9.97 Å². The average molecular weight is 369 g/mol. The highest BCUT2D eigenvalue weighted by Crippen LogP contribution is 2.22.